The van der Waals surface area contributed by atoms with Crippen molar-refractivity contribution in [3.05, 3.63) is 29.8 Å². The van der Waals surface area contributed by atoms with Crippen LogP contribution in [0.5, 0.6) is 0 Å². The number of ether oxygens (including phenoxy) is 1. The summed E-state index contributed by atoms with van der Waals surface area (Å²) in [5.74, 6) is -0.110. The lowest BCUT2D eigenvalue weighted by Crippen LogP contribution is -2.46. The number of amides is 2. The van der Waals surface area contributed by atoms with E-state index in [1.807, 2.05) is 38.1 Å². The zero-order chi connectivity index (χ0) is 14.0. The molecule has 0 bridgehead atoms. The molecule has 5 heteroatoms. The first-order valence-electron chi connectivity index (χ1n) is 6.32. The van der Waals surface area contributed by atoms with Crippen LogP contribution in [0.2, 0.25) is 0 Å². The number of hydrogen-bond acceptors (Lipinski definition) is 3. The molecule has 1 aromatic carbocycles. The second kappa shape index (κ2) is 5.30. The molecule has 2 rings (SSSR count). The number of likely N-dealkylation sites (N-methyl/N-ethyl adjacent to an activating group) is 2. The molecule has 5 nitrogen and oxygen atoms in total. The van der Waals surface area contributed by atoms with E-state index in [9.17, 15) is 9.59 Å². The minimum Gasteiger partial charge on any atom is -0.447 e. The first-order valence-corrected chi connectivity index (χ1v) is 6.32. The summed E-state index contributed by atoms with van der Waals surface area (Å²) < 4.78 is 4.89. The van der Waals surface area contributed by atoms with E-state index in [1.165, 1.54) is 4.90 Å². The largest absolute Gasteiger partial charge is 0.447 e. The van der Waals surface area contributed by atoms with Gasteiger partial charge in [-0.2, -0.15) is 0 Å². The Bertz CT molecular complexity index is 501. The molecule has 1 aromatic rings. The van der Waals surface area contributed by atoms with Gasteiger partial charge in [-0.05, 0) is 31.5 Å². The van der Waals surface area contributed by atoms with Gasteiger partial charge >= 0.3 is 6.09 Å². The zero-order valence-corrected chi connectivity index (χ0v) is 11.4. The molecule has 1 aliphatic heterocycles. The molecule has 0 aliphatic carbocycles. The average Bonchev–Trinajstić information content (AvgIpc) is 2.71. The fraction of sp³-hybridized carbons (Fsp3) is 0.429. The van der Waals surface area contributed by atoms with Gasteiger partial charge < -0.3 is 9.64 Å². The normalized spacial score (nSPS) is 18.4. The van der Waals surface area contributed by atoms with E-state index in [1.54, 1.807) is 11.9 Å². The van der Waals surface area contributed by atoms with Gasteiger partial charge in [0.05, 0.1) is 0 Å². The average molecular weight is 262 g/mol. The van der Waals surface area contributed by atoms with Gasteiger partial charge in [-0.25, -0.2) is 4.79 Å². The molecule has 0 saturated carbocycles. The minimum absolute atomic E-state index is 0.110. The van der Waals surface area contributed by atoms with Gasteiger partial charge in [0.15, 0.2) is 0 Å². The smallest absolute Gasteiger partial charge is 0.410 e. The third kappa shape index (κ3) is 2.54. The van der Waals surface area contributed by atoms with Gasteiger partial charge in [0.1, 0.15) is 12.6 Å². The Morgan fingerprint density at radius 1 is 1.53 bits per heavy atom. The maximum Gasteiger partial charge on any atom is 0.410 e. The molecule has 1 fully saturated rings. The van der Waals surface area contributed by atoms with E-state index in [4.69, 9.17) is 4.74 Å². The zero-order valence-electron chi connectivity index (χ0n) is 11.4. The number of cyclic esters (lactones) is 1. The van der Waals surface area contributed by atoms with Crippen molar-refractivity contribution in [3.63, 3.8) is 0 Å². The molecular formula is C14H18N2O3. The molecule has 1 aliphatic rings. The lowest BCUT2D eigenvalue weighted by molar-refractivity contribution is -0.121. The molecule has 2 amide bonds. The summed E-state index contributed by atoms with van der Waals surface area (Å²) in [6, 6.07) is 7.22. The SMILES string of the molecule is CCN(C(=O)C1COC(=O)N1C)c1cccc(C)c1. The maximum atomic E-state index is 12.5. The first-order chi connectivity index (χ1) is 9.04. The van der Waals surface area contributed by atoms with Crippen LogP contribution in [0.3, 0.4) is 0 Å². The third-order valence-electron chi connectivity index (χ3n) is 3.30. The molecule has 0 spiro atoms. The summed E-state index contributed by atoms with van der Waals surface area (Å²) in [5, 5.41) is 0. The van der Waals surface area contributed by atoms with Crippen molar-refractivity contribution < 1.29 is 14.3 Å². The van der Waals surface area contributed by atoms with Gasteiger partial charge in [0, 0.05) is 19.3 Å². The van der Waals surface area contributed by atoms with Crippen LogP contribution in [0.4, 0.5) is 10.5 Å². The lowest BCUT2D eigenvalue weighted by atomic mass is 10.2. The van der Waals surface area contributed by atoms with E-state index in [0.717, 1.165) is 11.3 Å². The van der Waals surface area contributed by atoms with Crippen molar-refractivity contribution in [2.75, 3.05) is 25.1 Å². The highest BCUT2D eigenvalue weighted by molar-refractivity contribution is 5.99. The third-order valence-corrected chi connectivity index (χ3v) is 3.30. The van der Waals surface area contributed by atoms with E-state index >= 15 is 0 Å². The van der Waals surface area contributed by atoms with Crippen LogP contribution < -0.4 is 4.90 Å². The second-order valence-corrected chi connectivity index (χ2v) is 4.63. The van der Waals surface area contributed by atoms with E-state index in [-0.39, 0.29) is 12.5 Å². The number of rotatable bonds is 3. The van der Waals surface area contributed by atoms with E-state index < -0.39 is 12.1 Å². The van der Waals surface area contributed by atoms with Crippen molar-refractivity contribution >= 4 is 17.7 Å². The van der Waals surface area contributed by atoms with Crippen LogP contribution in [-0.4, -0.2) is 43.1 Å². The molecule has 1 heterocycles. The molecule has 19 heavy (non-hydrogen) atoms. The molecular weight excluding hydrogens is 244 g/mol. The summed E-state index contributed by atoms with van der Waals surface area (Å²) >= 11 is 0. The Labute approximate surface area is 112 Å². The van der Waals surface area contributed by atoms with Crippen molar-refractivity contribution in [3.8, 4) is 0 Å². The number of hydrogen-bond donors (Lipinski definition) is 0. The van der Waals surface area contributed by atoms with Gasteiger partial charge in [0.2, 0.25) is 0 Å². The number of anilines is 1. The van der Waals surface area contributed by atoms with Crippen LogP contribution in [0.25, 0.3) is 0 Å². The Kier molecular flexibility index (Phi) is 3.74. The minimum atomic E-state index is -0.534. The summed E-state index contributed by atoms with van der Waals surface area (Å²) in [7, 11) is 1.59. The number of benzene rings is 1. The van der Waals surface area contributed by atoms with Crippen molar-refractivity contribution in [1.29, 1.82) is 0 Å². The molecule has 1 saturated heterocycles. The fourth-order valence-electron chi connectivity index (χ4n) is 2.17. The predicted octanol–water partition coefficient (Wildman–Crippen LogP) is 1.80. The van der Waals surface area contributed by atoms with Crippen LogP contribution in [0.1, 0.15) is 12.5 Å². The number of aryl methyl sites for hydroxylation is 1. The molecule has 0 radical (unpaired) electrons. The lowest BCUT2D eigenvalue weighted by Gasteiger charge is -2.26. The molecule has 0 aromatic heterocycles. The summed E-state index contributed by atoms with van der Waals surface area (Å²) in [6.07, 6.45) is -0.446. The highest BCUT2D eigenvalue weighted by Crippen LogP contribution is 2.20. The van der Waals surface area contributed by atoms with Crippen LogP contribution in [0, 0.1) is 6.92 Å². The van der Waals surface area contributed by atoms with Gasteiger partial charge in [-0.1, -0.05) is 12.1 Å². The number of carbonyl (C=O) groups excluding carboxylic acids is 2. The molecule has 1 unspecified atom stereocenters. The van der Waals surface area contributed by atoms with Gasteiger partial charge in [-0.3, -0.25) is 9.69 Å². The molecule has 1 atom stereocenters. The van der Waals surface area contributed by atoms with Gasteiger partial charge in [-0.15, -0.1) is 0 Å². The molecule has 102 valence electrons. The summed E-state index contributed by atoms with van der Waals surface area (Å²) in [6.45, 7) is 4.57. The monoisotopic (exact) mass is 262 g/mol. The van der Waals surface area contributed by atoms with Crippen LogP contribution >= 0.6 is 0 Å². The van der Waals surface area contributed by atoms with E-state index in [0.29, 0.717) is 6.54 Å². The number of carbonyl (C=O) groups is 2. The Balaban J connectivity index is 2.23. The van der Waals surface area contributed by atoms with Crippen molar-refractivity contribution in [2.24, 2.45) is 0 Å². The van der Waals surface area contributed by atoms with Crippen molar-refractivity contribution in [2.45, 2.75) is 19.9 Å². The van der Waals surface area contributed by atoms with Crippen molar-refractivity contribution in [1.82, 2.24) is 4.90 Å². The van der Waals surface area contributed by atoms with Crippen LogP contribution in [0.15, 0.2) is 24.3 Å². The Hall–Kier alpha value is -2.04. The first kappa shape index (κ1) is 13.4. The van der Waals surface area contributed by atoms with Gasteiger partial charge in [0.25, 0.3) is 5.91 Å². The molecule has 0 N–H and O–H groups in total. The van der Waals surface area contributed by atoms with E-state index in [2.05, 4.69) is 0 Å². The summed E-state index contributed by atoms with van der Waals surface area (Å²) in [5.41, 5.74) is 1.94. The predicted molar refractivity (Wildman–Crippen MR) is 72.1 cm³/mol. The highest BCUT2D eigenvalue weighted by Gasteiger charge is 2.37. The summed E-state index contributed by atoms with van der Waals surface area (Å²) in [4.78, 5) is 26.8. The quantitative estimate of drug-likeness (QED) is 0.834. The Morgan fingerprint density at radius 3 is 2.79 bits per heavy atom. The standard InChI is InChI=1S/C14H18N2O3/c1-4-16(11-7-5-6-10(2)8-11)13(17)12-9-19-14(18)15(12)3/h5-8,12H,4,9H2,1-3H3. The second-order valence-electron chi connectivity index (χ2n) is 4.63. The highest BCUT2D eigenvalue weighted by atomic mass is 16.6. The topological polar surface area (TPSA) is 49.9 Å². The maximum absolute atomic E-state index is 12.5. The fourth-order valence-corrected chi connectivity index (χ4v) is 2.17. The number of nitrogens with zero attached hydrogens (tertiary/aromatic N) is 2. The van der Waals surface area contributed by atoms with Crippen LogP contribution in [-0.2, 0) is 9.53 Å². The Morgan fingerprint density at radius 2 is 2.26 bits per heavy atom.